The minimum Gasteiger partial charge on any atom is -0.429 e. The van der Waals surface area contributed by atoms with Gasteiger partial charge in [0.2, 0.25) is 0 Å². The lowest BCUT2D eigenvalue weighted by atomic mass is 9.68. The molecule has 180 valence electrons. The first-order valence-electron chi connectivity index (χ1n) is 12.5. The fourth-order valence-electron chi connectivity index (χ4n) is 5.97. The molecule has 4 rings (SSSR count). The van der Waals surface area contributed by atoms with Gasteiger partial charge in [0.1, 0.15) is 11.6 Å². The van der Waals surface area contributed by atoms with Crippen LogP contribution in [0.25, 0.3) is 0 Å². The van der Waals surface area contributed by atoms with Crippen LogP contribution in [0.4, 0.5) is 13.2 Å². The van der Waals surface area contributed by atoms with Crippen LogP contribution in [-0.2, 0) is 6.11 Å². The Bertz CT molecular complexity index is 898. The quantitative estimate of drug-likeness (QED) is 0.385. The zero-order chi connectivity index (χ0) is 23.4. The SMILES string of the molecule is CCCC1CCC(C2CCC(c3ccc(OC(F)(F)c4ccc(Cl)c(F)c4)cc3)CC2)CC1. The van der Waals surface area contributed by atoms with Gasteiger partial charge in [-0.15, -0.1) is 0 Å². The fourth-order valence-corrected chi connectivity index (χ4v) is 6.09. The van der Waals surface area contributed by atoms with Crippen LogP contribution in [0.15, 0.2) is 42.5 Å². The van der Waals surface area contributed by atoms with Crippen molar-refractivity contribution < 1.29 is 17.9 Å². The lowest BCUT2D eigenvalue weighted by molar-refractivity contribution is -0.185. The smallest absolute Gasteiger partial charge is 0.426 e. The Morgan fingerprint density at radius 1 is 0.879 bits per heavy atom. The van der Waals surface area contributed by atoms with Crippen molar-refractivity contribution >= 4 is 11.6 Å². The van der Waals surface area contributed by atoms with E-state index in [4.69, 9.17) is 16.3 Å². The van der Waals surface area contributed by atoms with Gasteiger partial charge in [0.05, 0.1) is 10.6 Å². The highest BCUT2D eigenvalue weighted by molar-refractivity contribution is 6.30. The minimum atomic E-state index is -3.64. The molecule has 33 heavy (non-hydrogen) atoms. The van der Waals surface area contributed by atoms with Gasteiger partial charge in [0.25, 0.3) is 0 Å². The molecule has 0 radical (unpaired) electrons. The van der Waals surface area contributed by atoms with Crippen LogP contribution in [0, 0.1) is 23.6 Å². The Hall–Kier alpha value is -1.68. The summed E-state index contributed by atoms with van der Waals surface area (Å²) in [5, 5.41) is -0.196. The molecule has 0 spiro atoms. The third-order valence-electron chi connectivity index (χ3n) is 7.88. The number of hydrogen-bond donors (Lipinski definition) is 0. The van der Waals surface area contributed by atoms with Crippen molar-refractivity contribution in [2.75, 3.05) is 0 Å². The Labute approximate surface area is 200 Å². The van der Waals surface area contributed by atoms with E-state index in [-0.39, 0.29) is 10.8 Å². The van der Waals surface area contributed by atoms with Crippen molar-refractivity contribution in [2.45, 2.75) is 83.2 Å². The largest absolute Gasteiger partial charge is 0.429 e. The van der Waals surface area contributed by atoms with Crippen LogP contribution in [0.2, 0.25) is 5.02 Å². The third-order valence-corrected chi connectivity index (χ3v) is 8.19. The summed E-state index contributed by atoms with van der Waals surface area (Å²) in [5.41, 5.74) is 0.629. The highest BCUT2D eigenvalue weighted by Gasteiger charge is 2.35. The lowest BCUT2D eigenvalue weighted by Gasteiger charge is -2.38. The second-order valence-electron chi connectivity index (χ2n) is 10.00. The van der Waals surface area contributed by atoms with Gasteiger partial charge in [-0.1, -0.05) is 56.3 Å². The summed E-state index contributed by atoms with van der Waals surface area (Å²) in [7, 11) is 0. The third kappa shape index (κ3) is 6.07. The predicted octanol–water partition coefficient (Wildman–Crippen LogP) is 9.49. The average molecular weight is 479 g/mol. The Morgan fingerprint density at radius 3 is 2.06 bits per heavy atom. The molecule has 0 bridgehead atoms. The molecule has 2 aromatic carbocycles. The summed E-state index contributed by atoms with van der Waals surface area (Å²) in [4.78, 5) is 0. The van der Waals surface area contributed by atoms with E-state index in [9.17, 15) is 13.2 Å². The summed E-state index contributed by atoms with van der Waals surface area (Å²) in [6.45, 7) is 2.29. The number of benzene rings is 2. The average Bonchev–Trinajstić information content (AvgIpc) is 2.82. The molecule has 0 atom stereocenters. The molecule has 0 aromatic heterocycles. The molecular formula is C28H34ClF3O. The highest BCUT2D eigenvalue weighted by atomic mass is 35.5. The normalized spacial score (nSPS) is 26.2. The van der Waals surface area contributed by atoms with Gasteiger partial charge in [0, 0.05) is 0 Å². The van der Waals surface area contributed by atoms with Gasteiger partial charge in [-0.25, -0.2) is 4.39 Å². The number of rotatable bonds is 7. The second-order valence-corrected chi connectivity index (χ2v) is 10.4. The summed E-state index contributed by atoms with van der Waals surface area (Å²) >= 11 is 5.59. The van der Waals surface area contributed by atoms with E-state index in [0.29, 0.717) is 12.0 Å². The molecule has 0 saturated heterocycles. The highest BCUT2D eigenvalue weighted by Crippen LogP contribution is 2.44. The van der Waals surface area contributed by atoms with Crippen molar-refractivity contribution in [3.05, 3.63) is 64.4 Å². The minimum absolute atomic E-state index is 0.0663. The molecule has 2 saturated carbocycles. The summed E-state index contributed by atoms with van der Waals surface area (Å²) in [6, 6.07) is 9.89. The maximum atomic E-state index is 14.5. The molecule has 2 fully saturated rings. The van der Waals surface area contributed by atoms with Crippen molar-refractivity contribution in [3.63, 3.8) is 0 Å². The number of alkyl halides is 2. The molecular weight excluding hydrogens is 445 g/mol. The topological polar surface area (TPSA) is 9.23 Å². The van der Waals surface area contributed by atoms with Gasteiger partial charge < -0.3 is 4.74 Å². The van der Waals surface area contributed by atoms with Crippen LogP contribution in [-0.4, -0.2) is 0 Å². The van der Waals surface area contributed by atoms with E-state index < -0.39 is 17.5 Å². The molecule has 0 aliphatic heterocycles. The van der Waals surface area contributed by atoms with E-state index in [2.05, 4.69) is 6.92 Å². The van der Waals surface area contributed by atoms with Gasteiger partial charge in [0.15, 0.2) is 0 Å². The molecule has 2 aliphatic carbocycles. The van der Waals surface area contributed by atoms with Gasteiger partial charge in [-0.05, 0) is 98.1 Å². The van der Waals surface area contributed by atoms with Gasteiger partial charge >= 0.3 is 6.11 Å². The van der Waals surface area contributed by atoms with E-state index in [1.54, 1.807) is 12.1 Å². The molecule has 0 amide bonds. The Balaban J connectivity index is 1.29. The van der Waals surface area contributed by atoms with Gasteiger partial charge in [-0.2, -0.15) is 8.78 Å². The lowest BCUT2D eigenvalue weighted by Crippen LogP contribution is -2.25. The van der Waals surface area contributed by atoms with Crippen LogP contribution in [0.3, 0.4) is 0 Å². The first-order valence-corrected chi connectivity index (χ1v) is 12.9. The summed E-state index contributed by atoms with van der Waals surface area (Å²) < 4.78 is 47.4. The van der Waals surface area contributed by atoms with E-state index in [1.165, 1.54) is 69.8 Å². The summed E-state index contributed by atoms with van der Waals surface area (Å²) in [6.07, 6.45) is 9.55. The Morgan fingerprint density at radius 2 is 1.48 bits per heavy atom. The monoisotopic (exact) mass is 478 g/mol. The fraction of sp³-hybridized carbons (Fsp3) is 0.571. The number of hydrogen-bond acceptors (Lipinski definition) is 1. The molecule has 0 heterocycles. The molecule has 0 unspecified atom stereocenters. The van der Waals surface area contributed by atoms with E-state index in [1.807, 2.05) is 12.1 Å². The molecule has 2 aromatic rings. The maximum Gasteiger partial charge on any atom is 0.426 e. The molecule has 5 heteroatoms. The van der Waals surface area contributed by atoms with Crippen molar-refractivity contribution in [1.29, 1.82) is 0 Å². The van der Waals surface area contributed by atoms with E-state index >= 15 is 0 Å². The summed E-state index contributed by atoms with van der Waals surface area (Å²) in [5.74, 6) is 2.36. The zero-order valence-corrected chi connectivity index (χ0v) is 20.1. The maximum absolute atomic E-state index is 14.5. The standard InChI is InChI=1S/C28H34ClF3O/c1-2-3-19-4-6-20(7-5-19)21-8-10-22(11-9-21)23-12-15-25(16-13-23)33-28(31,32)24-14-17-26(29)27(30)18-24/h12-22H,2-11H2,1H3. The number of ether oxygens (including phenoxy) is 1. The molecule has 0 N–H and O–H groups in total. The van der Waals surface area contributed by atoms with Crippen molar-refractivity contribution in [1.82, 2.24) is 0 Å². The van der Waals surface area contributed by atoms with Crippen LogP contribution < -0.4 is 4.74 Å². The molecule has 1 nitrogen and oxygen atoms in total. The van der Waals surface area contributed by atoms with Gasteiger partial charge in [-0.3, -0.25) is 0 Å². The second kappa shape index (κ2) is 10.7. The van der Waals surface area contributed by atoms with Crippen LogP contribution in [0.1, 0.15) is 88.2 Å². The molecule has 2 aliphatic rings. The predicted molar refractivity (Wildman–Crippen MR) is 127 cm³/mol. The first kappa shape index (κ1) is 24.4. The van der Waals surface area contributed by atoms with Crippen molar-refractivity contribution in [3.8, 4) is 5.75 Å². The van der Waals surface area contributed by atoms with E-state index in [0.717, 1.165) is 29.9 Å². The zero-order valence-electron chi connectivity index (χ0n) is 19.3. The van der Waals surface area contributed by atoms with Crippen LogP contribution >= 0.6 is 11.6 Å². The number of halogens is 4. The van der Waals surface area contributed by atoms with Crippen molar-refractivity contribution in [2.24, 2.45) is 17.8 Å². The Kier molecular flexibility index (Phi) is 7.94. The van der Waals surface area contributed by atoms with Crippen LogP contribution in [0.5, 0.6) is 5.75 Å². The first-order chi connectivity index (χ1) is 15.9.